The lowest BCUT2D eigenvalue weighted by Crippen LogP contribution is -2.60. The summed E-state index contributed by atoms with van der Waals surface area (Å²) < 4.78 is 13.5. The Bertz CT molecular complexity index is 660. The van der Waals surface area contributed by atoms with Gasteiger partial charge >= 0.3 is 6.03 Å². The molecule has 0 saturated carbocycles. The summed E-state index contributed by atoms with van der Waals surface area (Å²) in [5.74, 6) is -0.776. The van der Waals surface area contributed by atoms with Gasteiger partial charge in [0.1, 0.15) is 11.9 Å². The molecule has 7 heteroatoms. The lowest BCUT2D eigenvalue weighted by molar-refractivity contribution is -0.122. The van der Waals surface area contributed by atoms with Gasteiger partial charge < -0.3 is 20.2 Å². The van der Waals surface area contributed by atoms with Crippen molar-refractivity contribution in [2.45, 2.75) is 39.0 Å². The number of hydrogen-bond acceptors (Lipinski definition) is 3. The van der Waals surface area contributed by atoms with Crippen LogP contribution >= 0.6 is 0 Å². The maximum Gasteiger partial charge on any atom is 0.321 e. The predicted octanol–water partition coefficient (Wildman–Crippen LogP) is 1.79. The van der Waals surface area contributed by atoms with Crippen LogP contribution in [0.1, 0.15) is 25.8 Å². The number of hydrogen-bond donors (Lipinski definition) is 2. The smallest absolute Gasteiger partial charge is 0.321 e. The lowest BCUT2D eigenvalue weighted by atomic mass is 9.96. The van der Waals surface area contributed by atoms with Crippen LogP contribution in [0.2, 0.25) is 0 Å². The molecule has 3 rings (SSSR count). The van der Waals surface area contributed by atoms with Gasteiger partial charge in [-0.2, -0.15) is 0 Å². The molecule has 2 atom stereocenters. The summed E-state index contributed by atoms with van der Waals surface area (Å²) in [4.78, 5) is 28.6. The number of likely N-dealkylation sites (tertiary alicyclic amines) is 1. The van der Waals surface area contributed by atoms with Crippen molar-refractivity contribution < 1.29 is 19.1 Å². The Hall–Kier alpha value is -2.15. The van der Waals surface area contributed by atoms with E-state index in [1.54, 1.807) is 11.0 Å². The fourth-order valence-corrected chi connectivity index (χ4v) is 3.20. The SMILES string of the molecule is CCC(C)C1C(=O)Nc2cc(F)ccc2CN1C(=O)N1CC(O)C1. The van der Waals surface area contributed by atoms with Crippen molar-refractivity contribution in [2.75, 3.05) is 18.4 Å². The first kappa shape index (κ1) is 16.7. The first-order valence-electron chi connectivity index (χ1n) is 8.23. The maximum atomic E-state index is 13.5. The molecule has 24 heavy (non-hydrogen) atoms. The van der Waals surface area contributed by atoms with E-state index < -0.39 is 18.0 Å². The predicted molar refractivity (Wildman–Crippen MR) is 86.8 cm³/mol. The van der Waals surface area contributed by atoms with E-state index in [-0.39, 0.29) is 37.5 Å². The number of rotatable bonds is 2. The molecular weight excluding hydrogens is 313 g/mol. The standard InChI is InChI=1S/C17H22FN3O3/c1-3-10(2)15-16(23)19-14-6-12(18)5-4-11(14)7-21(15)17(24)20-8-13(22)9-20/h4-6,10,13,15,22H,3,7-9H2,1-2H3,(H,19,23). The number of nitrogens with one attached hydrogen (secondary N) is 1. The number of aliphatic hydroxyl groups excluding tert-OH is 1. The van der Waals surface area contributed by atoms with Crippen molar-refractivity contribution >= 4 is 17.6 Å². The van der Waals surface area contributed by atoms with Crippen molar-refractivity contribution in [1.29, 1.82) is 0 Å². The normalized spacial score (nSPS) is 22.3. The number of amides is 3. The van der Waals surface area contributed by atoms with E-state index in [0.29, 0.717) is 11.3 Å². The van der Waals surface area contributed by atoms with E-state index >= 15 is 0 Å². The largest absolute Gasteiger partial charge is 0.389 e. The molecule has 0 bridgehead atoms. The van der Waals surface area contributed by atoms with Gasteiger partial charge in [-0.05, 0) is 23.6 Å². The number of urea groups is 1. The minimum Gasteiger partial charge on any atom is -0.389 e. The molecule has 3 amide bonds. The average molecular weight is 335 g/mol. The fourth-order valence-electron chi connectivity index (χ4n) is 3.20. The van der Waals surface area contributed by atoms with Crippen molar-refractivity contribution in [2.24, 2.45) is 5.92 Å². The number of benzene rings is 1. The van der Waals surface area contributed by atoms with Crippen molar-refractivity contribution in [3.05, 3.63) is 29.6 Å². The summed E-state index contributed by atoms with van der Waals surface area (Å²) in [6, 6.07) is 3.30. The molecule has 0 aromatic heterocycles. The summed E-state index contributed by atoms with van der Waals surface area (Å²) in [5.41, 5.74) is 1.11. The van der Waals surface area contributed by atoms with Crippen LogP contribution in [0.5, 0.6) is 0 Å². The lowest BCUT2D eigenvalue weighted by Gasteiger charge is -2.42. The number of anilines is 1. The van der Waals surface area contributed by atoms with E-state index in [0.717, 1.165) is 6.42 Å². The summed E-state index contributed by atoms with van der Waals surface area (Å²) in [5, 5.41) is 12.2. The molecule has 1 fully saturated rings. The second kappa shape index (κ2) is 6.39. The van der Waals surface area contributed by atoms with E-state index in [2.05, 4.69) is 5.32 Å². The molecule has 0 radical (unpaired) electrons. The van der Waals surface area contributed by atoms with Crippen molar-refractivity contribution in [3.63, 3.8) is 0 Å². The number of aliphatic hydroxyl groups is 1. The van der Waals surface area contributed by atoms with Gasteiger partial charge in [-0.1, -0.05) is 26.3 Å². The number of nitrogens with zero attached hydrogens (tertiary/aromatic N) is 2. The van der Waals surface area contributed by atoms with Gasteiger partial charge in [0.25, 0.3) is 0 Å². The third kappa shape index (κ3) is 2.96. The van der Waals surface area contributed by atoms with Crippen molar-refractivity contribution in [3.8, 4) is 0 Å². The van der Waals surface area contributed by atoms with Crippen LogP contribution in [-0.2, 0) is 11.3 Å². The van der Waals surface area contributed by atoms with Gasteiger partial charge in [0.15, 0.2) is 0 Å². The zero-order chi connectivity index (χ0) is 17.4. The highest BCUT2D eigenvalue weighted by Crippen LogP contribution is 2.29. The highest BCUT2D eigenvalue weighted by Gasteiger charge is 2.41. The molecule has 2 heterocycles. The number of β-amino-alcohol motifs (C(OH)–C–C–N with tert-alkyl or cyclic N) is 1. The summed E-state index contributed by atoms with van der Waals surface area (Å²) in [6.07, 6.45) is 0.230. The van der Waals surface area contributed by atoms with Crippen LogP contribution in [0.25, 0.3) is 0 Å². The van der Waals surface area contributed by atoms with Crippen LogP contribution in [0.15, 0.2) is 18.2 Å². The Labute approximate surface area is 140 Å². The summed E-state index contributed by atoms with van der Waals surface area (Å²) in [6.45, 7) is 4.67. The van der Waals surface area contributed by atoms with E-state index in [4.69, 9.17) is 0 Å². The first-order valence-corrected chi connectivity index (χ1v) is 8.23. The fraction of sp³-hybridized carbons (Fsp3) is 0.529. The van der Waals surface area contributed by atoms with Gasteiger partial charge in [0.2, 0.25) is 5.91 Å². The van der Waals surface area contributed by atoms with Gasteiger partial charge in [0, 0.05) is 5.69 Å². The Morgan fingerprint density at radius 2 is 2.17 bits per heavy atom. The quantitative estimate of drug-likeness (QED) is 0.865. The van der Waals surface area contributed by atoms with Crippen LogP contribution in [0, 0.1) is 11.7 Å². The average Bonchev–Trinajstić information content (AvgIpc) is 2.66. The minimum absolute atomic E-state index is 0.0423. The molecular formula is C17H22FN3O3. The number of carbonyl (C=O) groups excluding carboxylic acids is 2. The Morgan fingerprint density at radius 3 is 2.79 bits per heavy atom. The van der Waals surface area contributed by atoms with E-state index in [1.807, 2.05) is 13.8 Å². The number of halogens is 1. The molecule has 0 aliphatic carbocycles. The second-order valence-electron chi connectivity index (χ2n) is 6.59. The van der Waals surface area contributed by atoms with Gasteiger partial charge in [-0.3, -0.25) is 4.79 Å². The molecule has 1 aromatic carbocycles. The highest BCUT2D eigenvalue weighted by molar-refractivity contribution is 5.99. The third-order valence-electron chi connectivity index (χ3n) is 4.84. The molecule has 2 aliphatic rings. The minimum atomic E-state index is -0.629. The molecule has 1 aromatic rings. The molecule has 130 valence electrons. The maximum absolute atomic E-state index is 13.5. The van der Waals surface area contributed by atoms with Gasteiger partial charge in [-0.15, -0.1) is 0 Å². The van der Waals surface area contributed by atoms with Gasteiger partial charge in [-0.25, -0.2) is 9.18 Å². The van der Waals surface area contributed by atoms with Gasteiger partial charge in [0.05, 0.1) is 25.7 Å². The number of carbonyl (C=O) groups is 2. The third-order valence-corrected chi connectivity index (χ3v) is 4.84. The van der Waals surface area contributed by atoms with E-state index in [1.165, 1.54) is 17.0 Å². The highest BCUT2D eigenvalue weighted by atomic mass is 19.1. The van der Waals surface area contributed by atoms with Crippen LogP contribution < -0.4 is 5.32 Å². The summed E-state index contributed by atoms with van der Waals surface area (Å²) in [7, 11) is 0. The second-order valence-corrected chi connectivity index (χ2v) is 6.59. The zero-order valence-electron chi connectivity index (χ0n) is 13.8. The Kier molecular flexibility index (Phi) is 4.45. The molecule has 0 spiro atoms. The zero-order valence-corrected chi connectivity index (χ0v) is 13.8. The monoisotopic (exact) mass is 335 g/mol. The Balaban J connectivity index is 1.95. The molecule has 2 aliphatic heterocycles. The van der Waals surface area contributed by atoms with Crippen molar-refractivity contribution in [1.82, 2.24) is 9.80 Å². The summed E-state index contributed by atoms with van der Waals surface area (Å²) >= 11 is 0. The topological polar surface area (TPSA) is 72.9 Å². The molecule has 6 nitrogen and oxygen atoms in total. The van der Waals surface area contributed by atoms with E-state index in [9.17, 15) is 19.1 Å². The molecule has 2 N–H and O–H groups in total. The van der Waals surface area contributed by atoms with Crippen LogP contribution in [0.3, 0.4) is 0 Å². The first-order chi connectivity index (χ1) is 11.4. The Morgan fingerprint density at radius 1 is 1.46 bits per heavy atom. The number of fused-ring (bicyclic) bond motifs is 1. The molecule has 2 unspecified atom stereocenters. The van der Waals surface area contributed by atoms with Crippen LogP contribution in [0.4, 0.5) is 14.9 Å². The van der Waals surface area contributed by atoms with Crippen LogP contribution in [-0.4, -0.2) is 52.1 Å². The molecule has 1 saturated heterocycles.